The van der Waals surface area contributed by atoms with Crippen molar-refractivity contribution in [1.82, 2.24) is 4.90 Å². The molecule has 2 unspecified atom stereocenters. The van der Waals surface area contributed by atoms with Crippen molar-refractivity contribution in [2.45, 2.75) is 26.3 Å². The molecule has 0 amide bonds. The largest absolute Gasteiger partial charge is 0.301 e. The Morgan fingerprint density at radius 1 is 1.41 bits per heavy atom. The average Bonchev–Trinajstić information content (AvgIpc) is 2.29. The molecule has 2 atom stereocenters. The third-order valence-electron chi connectivity index (χ3n) is 3.07. The molecule has 0 aliphatic rings. The van der Waals surface area contributed by atoms with E-state index in [1.165, 1.54) is 6.07 Å². The van der Waals surface area contributed by atoms with Crippen LogP contribution < -0.4 is 0 Å². The highest BCUT2D eigenvalue weighted by Crippen LogP contribution is 2.29. The Kier molecular flexibility index (Phi) is 4.65. The van der Waals surface area contributed by atoms with Crippen LogP contribution in [0.25, 0.3) is 0 Å². The standard InChI is InChI=1S/C14H19FN2/c1-5-11(9-16)14(17(3)4)12-6-7-13(15)10(2)8-12/h6-8,11,14H,5H2,1-4H3. The number of benzene rings is 1. The number of nitrogens with zero attached hydrogens (tertiary/aromatic N) is 2. The van der Waals surface area contributed by atoms with Gasteiger partial charge in [0, 0.05) is 0 Å². The Morgan fingerprint density at radius 2 is 2.06 bits per heavy atom. The lowest BCUT2D eigenvalue weighted by molar-refractivity contribution is 0.241. The molecule has 92 valence electrons. The van der Waals surface area contributed by atoms with E-state index in [-0.39, 0.29) is 17.8 Å². The van der Waals surface area contributed by atoms with Crippen molar-refractivity contribution >= 4 is 0 Å². The summed E-state index contributed by atoms with van der Waals surface area (Å²) in [6.45, 7) is 3.75. The van der Waals surface area contributed by atoms with Crippen molar-refractivity contribution in [1.29, 1.82) is 5.26 Å². The molecule has 0 aliphatic carbocycles. The van der Waals surface area contributed by atoms with Crippen LogP contribution in [0.15, 0.2) is 18.2 Å². The minimum Gasteiger partial charge on any atom is -0.301 e. The molecule has 0 radical (unpaired) electrons. The molecule has 0 heterocycles. The first-order valence-electron chi connectivity index (χ1n) is 5.83. The zero-order chi connectivity index (χ0) is 13.0. The smallest absolute Gasteiger partial charge is 0.126 e. The topological polar surface area (TPSA) is 27.0 Å². The van der Waals surface area contributed by atoms with Crippen molar-refractivity contribution < 1.29 is 4.39 Å². The van der Waals surface area contributed by atoms with Crippen LogP contribution in [0, 0.1) is 30.0 Å². The lowest BCUT2D eigenvalue weighted by atomic mass is 9.90. The van der Waals surface area contributed by atoms with Crippen LogP contribution in [0.4, 0.5) is 4.39 Å². The van der Waals surface area contributed by atoms with Gasteiger partial charge in [-0.05, 0) is 44.6 Å². The maximum Gasteiger partial charge on any atom is 0.126 e. The number of nitriles is 1. The fourth-order valence-corrected chi connectivity index (χ4v) is 2.13. The summed E-state index contributed by atoms with van der Waals surface area (Å²) in [6, 6.07) is 7.43. The van der Waals surface area contributed by atoms with E-state index >= 15 is 0 Å². The molecule has 0 fully saturated rings. The van der Waals surface area contributed by atoms with E-state index in [0.717, 1.165) is 12.0 Å². The first kappa shape index (κ1) is 13.7. The van der Waals surface area contributed by atoms with Gasteiger partial charge < -0.3 is 4.90 Å². The lowest BCUT2D eigenvalue weighted by Gasteiger charge is -2.28. The molecule has 2 nitrogen and oxygen atoms in total. The van der Waals surface area contributed by atoms with Crippen molar-refractivity contribution in [3.8, 4) is 6.07 Å². The van der Waals surface area contributed by atoms with Gasteiger partial charge in [-0.3, -0.25) is 0 Å². The molecule has 0 aliphatic heterocycles. The van der Waals surface area contributed by atoms with E-state index in [2.05, 4.69) is 6.07 Å². The minimum atomic E-state index is -0.198. The second-order valence-electron chi connectivity index (χ2n) is 4.56. The lowest BCUT2D eigenvalue weighted by Crippen LogP contribution is -2.26. The van der Waals surface area contributed by atoms with Gasteiger partial charge >= 0.3 is 0 Å². The Hall–Kier alpha value is -1.40. The highest BCUT2D eigenvalue weighted by atomic mass is 19.1. The van der Waals surface area contributed by atoms with Crippen LogP contribution in [0.2, 0.25) is 0 Å². The zero-order valence-corrected chi connectivity index (χ0v) is 10.9. The van der Waals surface area contributed by atoms with Gasteiger partial charge in [-0.1, -0.05) is 19.1 Å². The van der Waals surface area contributed by atoms with Crippen LogP contribution >= 0.6 is 0 Å². The summed E-state index contributed by atoms with van der Waals surface area (Å²) in [5.74, 6) is -0.272. The SMILES string of the molecule is CCC(C#N)C(c1ccc(F)c(C)c1)N(C)C. The van der Waals surface area contributed by atoms with Crippen LogP contribution in [0.5, 0.6) is 0 Å². The van der Waals surface area contributed by atoms with Gasteiger partial charge in [0.1, 0.15) is 5.82 Å². The monoisotopic (exact) mass is 234 g/mol. The number of rotatable bonds is 4. The quantitative estimate of drug-likeness (QED) is 0.799. The molecule has 0 saturated heterocycles. The van der Waals surface area contributed by atoms with Gasteiger partial charge in [-0.15, -0.1) is 0 Å². The van der Waals surface area contributed by atoms with Crippen molar-refractivity contribution in [3.05, 3.63) is 35.1 Å². The fourth-order valence-electron chi connectivity index (χ4n) is 2.13. The van der Waals surface area contributed by atoms with E-state index < -0.39 is 0 Å². The number of hydrogen-bond donors (Lipinski definition) is 0. The van der Waals surface area contributed by atoms with E-state index in [1.807, 2.05) is 32.0 Å². The summed E-state index contributed by atoms with van der Waals surface area (Å²) in [5.41, 5.74) is 1.63. The maximum absolute atomic E-state index is 13.2. The summed E-state index contributed by atoms with van der Waals surface area (Å²) in [6.07, 6.45) is 0.787. The van der Waals surface area contributed by atoms with Gasteiger partial charge in [0.05, 0.1) is 18.0 Å². The van der Waals surface area contributed by atoms with E-state index in [0.29, 0.717) is 5.56 Å². The highest BCUT2D eigenvalue weighted by Gasteiger charge is 2.24. The highest BCUT2D eigenvalue weighted by molar-refractivity contribution is 5.28. The molecule has 0 saturated carbocycles. The predicted molar refractivity (Wildman–Crippen MR) is 67.0 cm³/mol. The van der Waals surface area contributed by atoms with Gasteiger partial charge in [-0.25, -0.2) is 4.39 Å². The number of hydrogen-bond acceptors (Lipinski definition) is 2. The number of halogens is 1. The van der Waals surface area contributed by atoms with Crippen LogP contribution in [0.3, 0.4) is 0 Å². The van der Waals surface area contributed by atoms with Crippen LogP contribution in [-0.4, -0.2) is 19.0 Å². The predicted octanol–water partition coefficient (Wildman–Crippen LogP) is 3.29. The summed E-state index contributed by atoms with van der Waals surface area (Å²) in [5, 5.41) is 9.18. The Bertz CT molecular complexity index is 421. The van der Waals surface area contributed by atoms with Crippen molar-refractivity contribution in [3.63, 3.8) is 0 Å². The van der Waals surface area contributed by atoms with Gasteiger partial charge in [0.25, 0.3) is 0 Å². The second kappa shape index (κ2) is 5.79. The van der Waals surface area contributed by atoms with E-state index in [4.69, 9.17) is 0 Å². The fraction of sp³-hybridized carbons (Fsp3) is 0.500. The first-order chi connectivity index (χ1) is 8.01. The molecule has 3 heteroatoms. The van der Waals surface area contributed by atoms with Crippen molar-refractivity contribution in [2.75, 3.05) is 14.1 Å². The minimum absolute atomic E-state index is 0.0179. The Morgan fingerprint density at radius 3 is 2.47 bits per heavy atom. The van der Waals surface area contributed by atoms with Crippen molar-refractivity contribution in [2.24, 2.45) is 5.92 Å². The summed E-state index contributed by atoms with van der Waals surface area (Å²) >= 11 is 0. The molecule has 0 bridgehead atoms. The van der Waals surface area contributed by atoms with Gasteiger partial charge in [-0.2, -0.15) is 5.26 Å². The molecule has 1 rings (SSSR count). The molecule has 0 aromatic heterocycles. The molecular formula is C14H19FN2. The molecule has 1 aromatic rings. The maximum atomic E-state index is 13.2. The Labute approximate surface area is 103 Å². The van der Waals surface area contributed by atoms with Gasteiger partial charge in [0.15, 0.2) is 0 Å². The van der Waals surface area contributed by atoms with E-state index in [9.17, 15) is 9.65 Å². The van der Waals surface area contributed by atoms with E-state index in [1.54, 1.807) is 13.0 Å². The molecule has 0 spiro atoms. The molecular weight excluding hydrogens is 215 g/mol. The zero-order valence-electron chi connectivity index (χ0n) is 10.9. The number of aryl methyl sites for hydroxylation is 1. The van der Waals surface area contributed by atoms with Crippen LogP contribution in [-0.2, 0) is 0 Å². The molecule has 0 N–H and O–H groups in total. The summed E-state index contributed by atoms with van der Waals surface area (Å²) in [4.78, 5) is 2.02. The summed E-state index contributed by atoms with van der Waals surface area (Å²) in [7, 11) is 3.90. The molecule has 17 heavy (non-hydrogen) atoms. The summed E-state index contributed by atoms with van der Waals surface area (Å²) < 4.78 is 13.2. The van der Waals surface area contributed by atoms with Gasteiger partial charge in [0.2, 0.25) is 0 Å². The van der Waals surface area contributed by atoms with Crippen LogP contribution in [0.1, 0.15) is 30.5 Å². The third kappa shape index (κ3) is 3.04. The second-order valence-corrected chi connectivity index (χ2v) is 4.56. The average molecular weight is 234 g/mol. The molecule has 1 aromatic carbocycles. The Balaban J connectivity index is 3.14. The first-order valence-corrected chi connectivity index (χ1v) is 5.83. The normalized spacial score (nSPS) is 14.4. The third-order valence-corrected chi connectivity index (χ3v) is 3.07.